The van der Waals surface area contributed by atoms with Crippen molar-refractivity contribution in [1.82, 2.24) is 4.98 Å². The van der Waals surface area contributed by atoms with Crippen molar-refractivity contribution in [2.75, 3.05) is 5.32 Å². The van der Waals surface area contributed by atoms with Crippen LogP contribution < -0.4 is 5.32 Å². The summed E-state index contributed by atoms with van der Waals surface area (Å²) < 4.78 is 83.2. The zero-order chi connectivity index (χ0) is 23.4. The van der Waals surface area contributed by atoms with Crippen molar-refractivity contribution < 1.29 is 45.7 Å². The number of phenolic OH excluding ortho intramolecular Hbond substituents is 1. The molecule has 0 aliphatic rings. The Morgan fingerprint density at radius 3 is 2.23 bits per heavy atom. The van der Waals surface area contributed by atoms with Crippen LogP contribution >= 0.6 is 0 Å². The smallest absolute Gasteiger partial charge is 0.490 e. The third kappa shape index (κ3) is 6.20. The fourth-order valence-electron chi connectivity index (χ4n) is 2.40. The first-order chi connectivity index (χ1) is 14.3. The zero-order valence-corrected chi connectivity index (χ0v) is 15.2. The van der Waals surface area contributed by atoms with Crippen LogP contribution in [0.1, 0.15) is 11.1 Å². The summed E-state index contributed by atoms with van der Waals surface area (Å²) in [5.74, 6) is -3.71. The van der Waals surface area contributed by atoms with E-state index in [4.69, 9.17) is 9.90 Å². The van der Waals surface area contributed by atoms with Gasteiger partial charge >= 0.3 is 18.3 Å². The monoisotopic (exact) mass is 450 g/mol. The molecule has 3 rings (SSSR count). The molecule has 0 unspecified atom stereocenters. The molecule has 0 saturated heterocycles. The fraction of sp³-hybridized carbons (Fsp3) is 0.158. The predicted octanol–water partition coefficient (Wildman–Crippen LogP) is 5.34. The van der Waals surface area contributed by atoms with Gasteiger partial charge in [0.15, 0.2) is 0 Å². The summed E-state index contributed by atoms with van der Waals surface area (Å²) in [5, 5.41) is 20.4. The van der Waals surface area contributed by atoms with Crippen LogP contribution in [-0.4, -0.2) is 27.3 Å². The van der Waals surface area contributed by atoms with Crippen LogP contribution in [0, 0.1) is 5.82 Å². The van der Waals surface area contributed by atoms with Crippen molar-refractivity contribution in [3.05, 3.63) is 65.6 Å². The number of aliphatic carboxylic acids is 1. The van der Waals surface area contributed by atoms with Gasteiger partial charge in [-0.05, 0) is 35.9 Å². The average molecular weight is 450 g/mol. The number of carboxylic acids is 1. The molecular weight excluding hydrogens is 437 g/mol. The highest BCUT2D eigenvalue weighted by Crippen LogP contribution is 2.32. The second-order valence-electron chi connectivity index (χ2n) is 5.99. The lowest BCUT2D eigenvalue weighted by Gasteiger charge is -2.12. The van der Waals surface area contributed by atoms with Crippen LogP contribution in [0.5, 0.6) is 5.75 Å². The van der Waals surface area contributed by atoms with Gasteiger partial charge < -0.3 is 15.5 Å². The molecule has 0 aliphatic heterocycles. The van der Waals surface area contributed by atoms with Gasteiger partial charge in [0, 0.05) is 18.1 Å². The number of hydrogen-bond acceptors (Lipinski definition) is 4. The number of aromatic hydroxyl groups is 1. The molecule has 1 heterocycles. The molecule has 0 atom stereocenters. The Kier molecular flexibility index (Phi) is 6.93. The summed E-state index contributed by atoms with van der Waals surface area (Å²) in [6.07, 6.45) is -8.13. The second kappa shape index (κ2) is 9.06. The van der Waals surface area contributed by atoms with E-state index in [1.54, 1.807) is 18.2 Å². The number of halogens is 7. The van der Waals surface area contributed by atoms with Crippen LogP contribution in [0.4, 0.5) is 36.4 Å². The van der Waals surface area contributed by atoms with Gasteiger partial charge in [-0.1, -0.05) is 12.1 Å². The Balaban J connectivity index is 0.000000423. The molecule has 0 amide bonds. The lowest BCUT2D eigenvalue weighted by Crippen LogP contribution is -2.21. The number of hydrogen-bond donors (Lipinski definition) is 3. The van der Waals surface area contributed by atoms with Crippen molar-refractivity contribution in [2.45, 2.75) is 18.9 Å². The van der Waals surface area contributed by atoms with Crippen LogP contribution in [0.3, 0.4) is 0 Å². The average Bonchev–Trinajstić information content (AvgIpc) is 2.67. The maximum absolute atomic E-state index is 13.8. The molecule has 5 nitrogen and oxygen atoms in total. The van der Waals surface area contributed by atoms with E-state index in [1.165, 1.54) is 12.3 Å². The summed E-state index contributed by atoms with van der Waals surface area (Å²) in [5.41, 5.74) is 0.0674. The molecule has 0 fully saturated rings. The Labute approximate surface area is 169 Å². The third-order valence-corrected chi connectivity index (χ3v) is 3.85. The highest BCUT2D eigenvalue weighted by Gasteiger charge is 2.38. The van der Waals surface area contributed by atoms with Gasteiger partial charge in [-0.3, -0.25) is 4.98 Å². The molecule has 0 saturated carbocycles. The van der Waals surface area contributed by atoms with E-state index in [0.717, 1.165) is 17.7 Å². The summed E-state index contributed by atoms with van der Waals surface area (Å²) in [7, 11) is 0. The van der Waals surface area contributed by atoms with Crippen molar-refractivity contribution in [3.63, 3.8) is 0 Å². The largest absolute Gasteiger partial charge is 0.506 e. The molecule has 12 heteroatoms. The van der Waals surface area contributed by atoms with Crippen molar-refractivity contribution in [1.29, 1.82) is 0 Å². The van der Waals surface area contributed by atoms with Crippen LogP contribution in [-0.2, 0) is 17.5 Å². The highest BCUT2D eigenvalue weighted by atomic mass is 19.4. The van der Waals surface area contributed by atoms with Crippen LogP contribution in [0.25, 0.3) is 10.9 Å². The third-order valence-electron chi connectivity index (χ3n) is 3.85. The number of anilines is 1. The van der Waals surface area contributed by atoms with Crippen molar-refractivity contribution in [3.8, 4) is 5.75 Å². The maximum atomic E-state index is 13.8. The first kappa shape index (κ1) is 23.7. The normalized spacial score (nSPS) is 11.6. The lowest BCUT2D eigenvalue weighted by molar-refractivity contribution is -0.192. The lowest BCUT2D eigenvalue weighted by atomic mass is 10.1. The van der Waals surface area contributed by atoms with E-state index in [9.17, 15) is 35.8 Å². The van der Waals surface area contributed by atoms with E-state index in [-0.39, 0.29) is 18.0 Å². The van der Waals surface area contributed by atoms with Gasteiger partial charge in [-0.2, -0.15) is 26.3 Å². The number of aromatic nitrogens is 1. The molecule has 3 aromatic rings. The Bertz CT molecular complexity index is 1080. The molecule has 1 aromatic heterocycles. The maximum Gasteiger partial charge on any atom is 0.490 e. The molecule has 2 aromatic carbocycles. The SMILES string of the molecule is O=C(O)C(F)(F)F.Oc1ccc(CNc2ccc(C(F)(F)F)cc2F)c2cccnc12. The van der Waals surface area contributed by atoms with Gasteiger partial charge in [0.05, 0.1) is 11.3 Å². The van der Waals surface area contributed by atoms with Gasteiger partial charge in [-0.15, -0.1) is 0 Å². The number of nitrogens with zero attached hydrogens (tertiary/aromatic N) is 1. The standard InChI is InChI=1S/C17H12F4N2O.C2HF3O2/c18-13-8-11(17(19,20)21)4-5-14(13)23-9-10-3-6-15(24)16-12(10)2-1-7-22-16;3-2(4,5)1(6)7/h1-8,23-24H,9H2;(H,6,7). The Hall–Kier alpha value is -3.57. The number of benzene rings is 2. The Morgan fingerprint density at radius 1 is 1.03 bits per heavy atom. The number of nitrogens with one attached hydrogen (secondary N) is 1. The number of alkyl halides is 6. The topological polar surface area (TPSA) is 82.5 Å². The van der Waals surface area contributed by atoms with E-state index >= 15 is 0 Å². The molecule has 0 aliphatic carbocycles. The summed E-state index contributed by atoms with van der Waals surface area (Å²) >= 11 is 0. The molecule has 0 bridgehead atoms. The van der Waals surface area contributed by atoms with Crippen LogP contribution in [0.2, 0.25) is 0 Å². The number of phenols is 1. The van der Waals surface area contributed by atoms with Gasteiger partial charge in [0.1, 0.15) is 17.1 Å². The summed E-state index contributed by atoms with van der Waals surface area (Å²) in [6.45, 7) is 0.171. The fourth-order valence-corrected chi connectivity index (χ4v) is 2.40. The predicted molar refractivity (Wildman–Crippen MR) is 95.8 cm³/mol. The first-order valence-electron chi connectivity index (χ1n) is 8.27. The van der Waals surface area contributed by atoms with Gasteiger partial charge in [0.2, 0.25) is 0 Å². The number of carbonyl (C=O) groups is 1. The van der Waals surface area contributed by atoms with Crippen molar-refractivity contribution >= 4 is 22.6 Å². The molecule has 3 N–H and O–H groups in total. The van der Waals surface area contributed by atoms with E-state index in [1.807, 2.05) is 0 Å². The van der Waals surface area contributed by atoms with Crippen molar-refractivity contribution in [2.24, 2.45) is 0 Å². The quantitative estimate of drug-likeness (QED) is 0.469. The second-order valence-corrected chi connectivity index (χ2v) is 5.99. The van der Waals surface area contributed by atoms with E-state index in [0.29, 0.717) is 17.0 Å². The Morgan fingerprint density at radius 2 is 1.68 bits per heavy atom. The summed E-state index contributed by atoms with van der Waals surface area (Å²) in [6, 6.07) is 8.90. The zero-order valence-electron chi connectivity index (χ0n) is 15.2. The van der Waals surface area contributed by atoms with Gasteiger partial charge in [-0.25, -0.2) is 9.18 Å². The molecule has 0 radical (unpaired) electrons. The van der Waals surface area contributed by atoms with Gasteiger partial charge in [0.25, 0.3) is 0 Å². The molecule has 166 valence electrons. The number of fused-ring (bicyclic) bond motifs is 1. The minimum atomic E-state index is -5.08. The summed E-state index contributed by atoms with van der Waals surface area (Å²) in [4.78, 5) is 13.0. The molecule has 31 heavy (non-hydrogen) atoms. The molecular formula is C19H13F7N2O3. The minimum Gasteiger partial charge on any atom is -0.506 e. The van der Waals surface area contributed by atoms with E-state index in [2.05, 4.69) is 10.3 Å². The number of pyridine rings is 1. The molecule has 0 spiro atoms. The first-order valence-corrected chi connectivity index (χ1v) is 8.27. The van der Waals surface area contributed by atoms with E-state index < -0.39 is 29.7 Å². The highest BCUT2D eigenvalue weighted by molar-refractivity contribution is 5.87. The minimum absolute atomic E-state index is 0.0232. The number of rotatable bonds is 3. The number of carboxylic acid groups (broad SMARTS) is 1. The van der Waals surface area contributed by atoms with Crippen LogP contribution in [0.15, 0.2) is 48.7 Å².